The van der Waals surface area contributed by atoms with E-state index in [4.69, 9.17) is 19.7 Å². The van der Waals surface area contributed by atoms with Gasteiger partial charge in [-0.25, -0.2) is 0 Å². The molecule has 0 saturated carbocycles. The highest BCUT2D eigenvalue weighted by atomic mass is 16.7. The van der Waals surface area contributed by atoms with Crippen LogP contribution in [-0.2, 0) is 25.6 Å². The maximum Gasteiger partial charge on any atom is 0.304 e. The number of rotatable bonds is 6. The molecule has 130 valence electrons. The first-order chi connectivity index (χ1) is 11.6. The van der Waals surface area contributed by atoms with Crippen LogP contribution in [0.3, 0.4) is 0 Å². The Balaban J connectivity index is 2.20. The van der Waals surface area contributed by atoms with Crippen LogP contribution in [0, 0.1) is 0 Å². The molecule has 0 spiro atoms. The van der Waals surface area contributed by atoms with Crippen LogP contribution in [-0.4, -0.2) is 53.4 Å². The van der Waals surface area contributed by atoms with Gasteiger partial charge in [-0.2, -0.15) is 0 Å². The lowest BCUT2D eigenvalue weighted by molar-refractivity contribution is -0.266. The molecule has 1 aromatic rings. The first-order valence-corrected chi connectivity index (χ1v) is 7.38. The summed E-state index contributed by atoms with van der Waals surface area (Å²) in [5.74, 6) is -0.645. The zero-order valence-electron chi connectivity index (χ0n) is 13.1. The van der Waals surface area contributed by atoms with Gasteiger partial charge in [0.05, 0.1) is 13.2 Å². The quantitative estimate of drug-likeness (QED) is 0.343. The van der Waals surface area contributed by atoms with Crippen molar-refractivity contribution in [2.75, 3.05) is 6.61 Å². The van der Waals surface area contributed by atoms with E-state index in [2.05, 4.69) is 10.0 Å². The molecule has 0 bridgehead atoms. The second-order valence-electron chi connectivity index (χ2n) is 5.28. The first-order valence-electron chi connectivity index (χ1n) is 7.38. The van der Waals surface area contributed by atoms with Gasteiger partial charge in [0.2, 0.25) is 6.29 Å². The average Bonchev–Trinajstić information content (AvgIpc) is 2.57. The summed E-state index contributed by atoms with van der Waals surface area (Å²) in [6.07, 6.45) is -4.53. The first kappa shape index (κ1) is 18.2. The van der Waals surface area contributed by atoms with Gasteiger partial charge in [-0.3, -0.25) is 4.79 Å². The van der Waals surface area contributed by atoms with E-state index in [1.165, 1.54) is 6.92 Å². The maximum atomic E-state index is 11.2. The van der Waals surface area contributed by atoms with Crippen molar-refractivity contribution in [3.8, 4) is 0 Å². The Labute approximate surface area is 138 Å². The third-order valence-electron chi connectivity index (χ3n) is 3.57. The predicted molar refractivity (Wildman–Crippen MR) is 81.5 cm³/mol. The van der Waals surface area contributed by atoms with Gasteiger partial charge < -0.3 is 24.4 Å². The molecule has 1 saturated heterocycles. The zero-order chi connectivity index (χ0) is 17.5. The van der Waals surface area contributed by atoms with E-state index >= 15 is 0 Å². The summed E-state index contributed by atoms with van der Waals surface area (Å²) in [5, 5.41) is 23.2. The lowest BCUT2D eigenvalue weighted by atomic mass is 9.97. The maximum absolute atomic E-state index is 11.2. The van der Waals surface area contributed by atoms with Gasteiger partial charge in [0, 0.05) is 11.8 Å². The van der Waals surface area contributed by atoms with Crippen LogP contribution in [0.25, 0.3) is 10.4 Å². The molecule has 9 nitrogen and oxygen atoms in total. The standard InChI is InChI=1S/C15H19N3O6/c1-9(20)23-15-12(17-18-16)14(13(21)11(7-19)24-15)22-8-10-5-3-2-4-6-10/h2-6,11-15,19,21H,7-8H2,1H3/t11-,12-,13-,14-,15+/m1/s1. The summed E-state index contributed by atoms with van der Waals surface area (Å²) in [6.45, 7) is 0.813. The molecular formula is C15H19N3O6. The molecular weight excluding hydrogens is 318 g/mol. The molecule has 5 atom stereocenters. The summed E-state index contributed by atoms with van der Waals surface area (Å²) >= 11 is 0. The Hall–Kier alpha value is -2.16. The molecule has 2 rings (SSSR count). The molecule has 1 fully saturated rings. The van der Waals surface area contributed by atoms with E-state index in [9.17, 15) is 15.0 Å². The largest absolute Gasteiger partial charge is 0.435 e. The van der Waals surface area contributed by atoms with Gasteiger partial charge in [0.1, 0.15) is 24.4 Å². The van der Waals surface area contributed by atoms with Crippen molar-refractivity contribution < 1.29 is 29.2 Å². The molecule has 9 heteroatoms. The van der Waals surface area contributed by atoms with E-state index in [1.54, 1.807) is 0 Å². The Bertz CT molecular complexity index is 592. The van der Waals surface area contributed by atoms with Gasteiger partial charge in [-0.05, 0) is 11.1 Å². The molecule has 2 N–H and O–H groups in total. The molecule has 0 amide bonds. The number of hydrogen-bond donors (Lipinski definition) is 2. The van der Waals surface area contributed by atoms with E-state index in [0.29, 0.717) is 0 Å². The lowest BCUT2D eigenvalue weighted by Gasteiger charge is -2.41. The van der Waals surface area contributed by atoms with E-state index in [-0.39, 0.29) is 6.61 Å². The molecule has 0 unspecified atom stereocenters. The number of nitrogens with zero attached hydrogens (tertiary/aromatic N) is 3. The van der Waals surface area contributed by atoms with Crippen LogP contribution >= 0.6 is 0 Å². The van der Waals surface area contributed by atoms with Gasteiger partial charge in [0.15, 0.2) is 0 Å². The summed E-state index contributed by atoms with van der Waals surface area (Å²) in [5.41, 5.74) is 9.61. The lowest BCUT2D eigenvalue weighted by Crippen LogP contribution is -2.59. The van der Waals surface area contributed by atoms with Crippen molar-refractivity contribution in [1.29, 1.82) is 0 Å². The highest BCUT2D eigenvalue weighted by Gasteiger charge is 2.47. The van der Waals surface area contributed by atoms with Gasteiger partial charge >= 0.3 is 5.97 Å². The van der Waals surface area contributed by atoms with Gasteiger partial charge in [-0.1, -0.05) is 35.4 Å². The van der Waals surface area contributed by atoms with Crippen molar-refractivity contribution >= 4 is 5.97 Å². The second kappa shape index (κ2) is 8.62. The molecule has 0 radical (unpaired) electrons. The molecule has 1 aliphatic heterocycles. The second-order valence-corrected chi connectivity index (χ2v) is 5.28. The summed E-state index contributed by atoms with van der Waals surface area (Å²) in [7, 11) is 0. The van der Waals surface area contributed by atoms with Crippen molar-refractivity contribution in [3.63, 3.8) is 0 Å². The number of aliphatic hydroxyl groups excluding tert-OH is 2. The SMILES string of the molecule is CC(=O)O[C@H]1O[C@H](CO)[C@@H](O)[C@H](OCc2ccccc2)[C@H]1N=[N+]=[N-]. The number of hydrogen-bond acceptors (Lipinski definition) is 7. The molecule has 1 heterocycles. The van der Waals surface area contributed by atoms with Crippen LogP contribution in [0.5, 0.6) is 0 Å². The van der Waals surface area contributed by atoms with Crippen LogP contribution in [0.15, 0.2) is 35.4 Å². The number of carbonyl (C=O) groups excluding carboxylic acids is 1. The van der Waals surface area contributed by atoms with Crippen molar-refractivity contribution in [2.45, 2.75) is 44.2 Å². The minimum atomic E-state index is -1.25. The Morgan fingerprint density at radius 2 is 2.12 bits per heavy atom. The number of carbonyl (C=O) groups is 1. The third-order valence-corrected chi connectivity index (χ3v) is 3.57. The highest BCUT2D eigenvalue weighted by Crippen LogP contribution is 2.27. The Morgan fingerprint density at radius 1 is 1.42 bits per heavy atom. The molecule has 1 aliphatic rings. The van der Waals surface area contributed by atoms with Crippen LogP contribution in [0.4, 0.5) is 0 Å². The predicted octanol–water partition coefficient (Wildman–Crippen LogP) is 0.892. The summed E-state index contributed by atoms with van der Waals surface area (Å²) < 4.78 is 16.0. The smallest absolute Gasteiger partial charge is 0.304 e. The normalized spacial score (nSPS) is 29.5. The highest BCUT2D eigenvalue weighted by molar-refractivity contribution is 5.66. The van der Waals surface area contributed by atoms with Crippen LogP contribution < -0.4 is 0 Å². The number of azide groups is 1. The number of aliphatic hydroxyl groups is 2. The minimum absolute atomic E-state index is 0.144. The van der Waals surface area contributed by atoms with E-state index in [1.807, 2.05) is 30.3 Å². The molecule has 0 aromatic heterocycles. The van der Waals surface area contributed by atoms with Crippen LogP contribution in [0.1, 0.15) is 12.5 Å². The molecule has 1 aromatic carbocycles. The molecule has 0 aliphatic carbocycles. The van der Waals surface area contributed by atoms with Crippen molar-refractivity contribution in [2.24, 2.45) is 5.11 Å². The van der Waals surface area contributed by atoms with Crippen molar-refractivity contribution in [1.82, 2.24) is 0 Å². The Kier molecular flexibility index (Phi) is 6.53. The fourth-order valence-corrected chi connectivity index (χ4v) is 2.46. The Morgan fingerprint density at radius 3 is 2.71 bits per heavy atom. The van der Waals surface area contributed by atoms with Gasteiger partial charge in [0.25, 0.3) is 0 Å². The zero-order valence-corrected chi connectivity index (χ0v) is 13.1. The van der Waals surface area contributed by atoms with Gasteiger partial charge in [-0.15, -0.1) is 0 Å². The van der Waals surface area contributed by atoms with Crippen molar-refractivity contribution in [3.05, 3.63) is 46.3 Å². The molecule has 24 heavy (non-hydrogen) atoms. The fraction of sp³-hybridized carbons (Fsp3) is 0.533. The summed E-state index contributed by atoms with van der Waals surface area (Å²) in [6, 6.07) is 8.11. The third kappa shape index (κ3) is 4.44. The van der Waals surface area contributed by atoms with E-state index in [0.717, 1.165) is 5.56 Å². The number of benzene rings is 1. The van der Waals surface area contributed by atoms with E-state index < -0.39 is 43.2 Å². The van der Waals surface area contributed by atoms with Crippen LogP contribution in [0.2, 0.25) is 0 Å². The monoisotopic (exact) mass is 337 g/mol. The fourth-order valence-electron chi connectivity index (χ4n) is 2.46. The average molecular weight is 337 g/mol. The minimum Gasteiger partial charge on any atom is -0.435 e. The number of esters is 1. The summed E-state index contributed by atoms with van der Waals surface area (Å²) in [4.78, 5) is 13.9. The topological polar surface area (TPSA) is 134 Å². The number of ether oxygens (including phenoxy) is 3.